The maximum atomic E-state index is 10.1. The molecule has 0 fully saturated rings. The molecule has 0 saturated carbocycles. The summed E-state index contributed by atoms with van der Waals surface area (Å²) in [5, 5.41) is 0. The van der Waals surface area contributed by atoms with Crippen molar-refractivity contribution in [2.24, 2.45) is 0 Å². The molecular formula is C3H9Na2O2PSi. The van der Waals surface area contributed by atoms with E-state index in [0.717, 1.165) is 0 Å². The van der Waals surface area contributed by atoms with Crippen LogP contribution >= 0.6 is 7.92 Å². The molecule has 0 bridgehead atoms. The van der Waals surface area contributed by atoms with Crippen molar-refractivity contribution in [2.75, 3.05) is 0 Å². The third kappa shape index (κ3) is 10.6. The Morgan fingerprint density at radius 2 is 1.11 bits per heavy atom. The van der Waals surface area contributed by atoms with E-state index in [1.165, 1.54) is 0 Å². The zero-order valence-electron chi connectivity index (χ0n) is 6.76. The SMILES string of the molecule is C[Si](C)(C)P([O-])[O-].[Na+].[Na+]. The van der Waals surface area contributed by atoms with Gasteiger partial charge in [-0.1, -0.05) is 19.6 Å². The predicted molar refractivity (Wildman–Crippen MR) is 30.3 cm³/mol. The predicted octanol–water partition coefficient (Wildman–Crippen LogP) is -6.14. The smallest absolute Gasteiger partial charge is 0.845 e. The van der Waals surface area contributed by atoms with E-state index in [4.69, 9.17) is 0 Å². The summed E-state index contributed by atoms with van der Waals surface area (Å²) in [5.74, 6) is 0. The second kappa shape index (κ2) is 7.23. The Morgan fingerprint density at radius 1 is 1.00 bits per heavy atom. The Balaban J connectivity index is -0.000000180. The monoisotopic (exact) mass is 182 g/mol. The molecule has 0 aromatic heterocycles. The average molecular weight is 182 g/mol. The van der Waals surface area contributed by atoms with Crippen LogP contribution in [0.5, 0.6) is 0 Å². The van der Waals surface area contributed by atoms with Gasteiger partial charge in [0.2, 0.25) is 0 Å². The molecule has 6 heteroatoms. The first-order chi connectivity index (χ1) is 2.94. The fraction of sp³-hybridized carbons (Fsp3) is 1.00. The molecular weight excluding hydrogens is 173 g/mol. The molecule has 0 radical (unpaired) electrons. The summed E-state index contributed by atoms with van der Waals surface area (Å²) in [4.78, 5) is 20.2. The van der Waals surface area contributed by atoms with Gasteiger partial charge in [0.25, 0.3) is 0 Å². The largest absolute Gasteiger partial charge is 1.00 e. The van der Waals surface area contributed by atoms with E-state index >= 15 is 0 Å². The Kier molecular flexibility index (Phi) is 14.1. The van der Waals surface area contributed by atoms with Crippen LogP contribution in [0, 0.1) is 0 Å². The minimum Gasteiger partial charge on any atom is -0.845 e. The number of hydrogen-bond acceptors (Lipinski definition) is 2. The molecule has 0 aliphatic rings. The van der Waals surface area contributed by atoms with Gasteiger partial charge >= 0.3 is 59.1 Å². The first kappa shape index (κ1) is 17.6. The van der Waals surface area contributed by atoms with Gasteiger partial charge in [0, 0.05) is 7.74 Å². The van der Waals surface area contributed by atoms with Crippen LogP contribution in [-0.2, 0) is 0 Å². The molecule has 0 unspecified atom stereocenters. The van der Waals surface area contributed by atoms with Crippen molar-refractivity contribution in [3.63, 3.8) is 0 Å². The van der Waals surface area contributed by atoms with Crippen molar-refractivity contribution >= 4 is 15.7 Å². The molecule has 2 nitrogen and oxygen atoms in total. The molecule has 44 valence electrons. The summed E-state index contributed by atoms with van der Waals surface area (Å²) < 4.78 is 0. The van der Waals surface area contributed by atoms with Crippen LogP contribution in [0.15, 0.2) is 0 Å². The van der Waals surface area contributed by atoms with Crippen molar-refractivity contribution in [2.45, 2.75) is 19.6 Å². The van der Waals surface area contributed by atoms with E-state index in [0.29, 0.717) is 0 Å². The first-order valence-electron chi connectivity index (χ1n) is 2.09. The van der Waals surface area contributed by atoms with Gasteiger partial charge in [0.15, 0.2) is 0 Å². The van der Waals surface area contributed by atoms with E-state index in [-0.39, 0.29) is 59.1 Å². The molecule has 0 atom stereocenters. The zero-order valence-corrected chi connectivity index (χ0v) is 12.7. The fourth-order valence-electron chi connectivity index (χ4n) is 0. The van der Waals surface area contributed by atoms with E-state index < -0.39 is 15.7 Å². The van der Waals surface area contributed by atoms with Crippen LogP contribution in [-0.4, -0.2) is 7.74 Å². The standard InChI is InChI=1S/C3H9O2PSi.2Na/c1-7(2,3)6(4)5;;/h1-3H3;;/q-2;2*+1. The van der Waals surface area contributed by atoms with Gasteiger partial charge in [-0.3, -0.25) is 0 Å². The molecule has 0 aliphatic carbocycles. The Morgan fingerprint density at radius 3 is 1.11 bits per heavy atom. The minimum absolute atomic E-state index is 0. The van der Waals surface area contributed by atoms with E-state index in [1.807, 2.05) is 0 Å². The van der Waals surface area contributed by atoms with Crippen LogP contribution in [0.4, 0.5) is 0 Å². The first-order valence-corrected chi connectivity index (χ1v) is 7.61. The fourth-order valence-corrected chi connectivity index (χ4v) is 0. The van der Waals surface area contributed by atoms with Crippen LogP contribution in [0.2, 0.25) is 19.6 Å². The van der Waals surface area contributed by atoms with Crippen molar-refractivity contribution in [1.29, 1.82) is 0 Å². The number of rotatable bonds is 1. The van der Waals surface area contributed by atoms with E-state index in [9.17, 15) is 9.79 Å². The maximum Gasteiger partial charge on any atom is 1.00 e. The number of hydrogen-bond donors (Lipinski definition) is 0. The Labute approximate surface area is 103 Å². The van der Waals surface area contributed by atoms with Crippen molar-refractivity contribution in [3.8, 4) is 0 Å². The summed E-state index contributed by atoms with van der Waals surface area (Å²) in [6, 6.07) is 0. The molecule has 0 saturated heterocycles. The summed E-state index contributed by atoms with van der Waals surface area (Å²) in [6.07, 6.45) is 0. The van der Waals surface area contributed by atoms with Crippen LogP contribution < -0.4 is 68.9 Å². The minimum atomic E-state index is -2.10. The average Bonchev–Trinajstić information content (AvgIpc) is 1.31. The molecule has 0 amide bonds. The maximum absolute atomic E-state index is 10.1. The molecule has 0 N–H and O–H groups in total. The summed E-state index contributed by atoms with van der Waals surface area (Å²) >= 11 is 0. The van der Waals surface area contributed by atoms with Gasteiger partial charge in [-0.25, -0.2) is 0 Å². The molecule has 0 rings (SSSR count). The summed E-state index contributed by atoms with van der Waals surface area (Å²) in [7, 11) is -3.88. The second-order valence-electron chi connectivity index (χ2n) is 2.43. The van der Waals surface area contributed by atoms with Gasteiger partial charge in [-0.15, -0.1) is 0 Å². The normalized spacial score (nSPS) is 10.0. The van der Waals surface area contributed by atoms with E-state index in [1.54, 1.807) is 19.6 Å². The molecule has 0 aliphatic heterocycles. The van der Waals surface area contributed by atoms with Crippen LogP contribution in [0.3, 0.4) is 0 Å². The molecule has 0 aromatic rings. The molecule has 0 heterocycles. The summed E-state index contributed by atoms with van der Waals surface area (Å²) in [6.45, 7) is 5.41. The van der Waals surface area contributed by atoms with Gasteiger partial charge in [0.05, 0.1) is 0 Å². The van der Waals surface area contributed by atoms with Gasteiger partial charge in [-0.05, 0) is 0 Å². The van der Waals surface area contributed by atoms with Crippen LogP contribution in [0.1, 0.15) is 0 Å². The molecule has 9 heavy (non-hydrogen) atoms. The molecule has 0 spiro atoms. The zero-order chi connectivity index (χ0) is 6.08. The van der Waals surface area contributed by atoms with Crippen molar-refractivity contribution in [1.82, 2.24) is 0 Å². The Hall–Kier alpha value is 2.57. The summed E-state index contributed by atoms with van der Waals surface area (Å²) in [5.41, 5.74) is 0. The third-order valence-corrected chi connectivity index (χ3v) is 4.93. The van der Waals surface area contributed by atoms with Crippen molar-refractivity contribution in [3.05, 3.63) is 0 Å². The van der Waals surface area contributed by atoms with Gasteiger partial charge in [-0.2, -0.15) is 0 Å². The quantitative estimate of drug-likeness (QED) is 0.299. The third-order valence-electron chi connectivity index (χ3n) is 0.548. The van der Waals surface area contributed by atoms with Crippen LogP contribution in [0.25, 0.3) is 0 Å². The second-order valence-corrected chi connectivity index (χ2v) is 12.4. The topological polar surface area (TPSA) is 46.1 Å². The van der Waals surface area contributed by atoms with Gasteiger partial charge < -0.3 is 17.7 Å². The van der Waals surface area contributed by atoms with Crippen molar-refractivity contribution < 1.29 is 68.9 Å². The van der Waals surface area contributed by atoms with Gasteiger partial charge in [0.1, 0.15) is 0 Å². The molecule has 0 aromatic carbocycles. The Bertz CT molecular complexity index is 65.3. The van der Waals surface area contributed by atoms with E-state index in [2.05, 4.69) is 0 Å².